The van der Waals surface area contributed by atoms with Gasteiger partial charge in [-0.25, -0.2) is 16.8 Å². The molecule has 0 aliphatic heterocycles. The molecule has 0 heterocycles. The highest BCUT2D eigenvalue weighted by Crippen LogP contribution is 2.39. The zero-order valence-corrected chi connectivity index (χ0v) is 17.6. The molecule has 1 unspecified atom stereocenters. The van der Waals surface area contributed by atoms with E-state index < -0.39 is 19.9 Å². The first-order valence-electron chi connectivity index (χ1n) is 8.66. The maximum Gasteiger partial charge on any atom is 0.245 e. The van der Waals surface area contributed by atoms with Crippen LogP contribution in [0.15, 0.2) is 58.3 Å². The Morgan fingerprint density at radius 1 is 1.07 bits per heavy atom. The summed E-state index contributed by atoms with van der Waals surface area (Å²) in [6.45, 7) is 2.10. The fraction of sp³-hybridized carbons (Fsp3) is 0.368. The van der Waals surface area contributed by atoms with E-state index in [0.29, 0.717) is 5.92 Å². The molecule has 0 aromatic heterocycles. The van der Waals surface area contributed by atoms with Crippen molar-refractivity contribution in [3.63, 3.8) is 0 Å². The molecule has 0 radical (unpaired) electrons. The van der Waals surface area contributed by atoms with E-state index in [1.165, 1.54) is 16.4 Å². The quantitative estimate of drug-likeness (QED) is 0.674. The van der Waals surface area contributed by atoms with Crippen LogP contribution in [-0.4, -0.2) is 33.4 Å². The molecule has 0 bridgehead atoms. The van der Waals surface area contributed by atoms with Crippen LogP contribution in [0.25, 0.3) is 0 Å². The summed E-state index contributed by atoms with van der Waals surface area (Å²) in [7, 11) is -7.53. The normalized spacial score (nSPS) is 16.4. The third-order valence-electron chi connectivity index (χ3n) is 4.86. The predicted molar refractivity (Wildman–Crippen MR) is 106 cm³/mol. The first kappa shape index (κ1) is 20.3. The number of sulfone groups is 1. The van der Waals surface area contributed by atoms with Gasteiger partial charge < -0.3 is 0 Å². The first-order valence-corrected chi connectivity index (χ1v) is 12.4. The summed E-state index contributed by atoms with van der Waals surface area (Å²) >= 11 is 6.18. The average Bonchev–Trinajstić information content (AvgIpc) is 3.44. The van der Waals surface area contributed by atoms with Crippen LogP contribution in [0.1, 0.15) is 25.3 Å². The maximum absolute atomic E-state index is 13.5. The van der Waals surface area contributed by atoms with Crippen molar-refractivity contribution in [2.45, 2.75) is 42.1 Å². The summed E-state index contributed by atoms with van der Waals surface area (Å²) in [5.74, 6) is 0.306. The molecule has 27 heavy (non-hydrogen) atoms. The van der Waals surface area contributed by atoms with Crippen LogP contribution in [0, 0.1) is 5.92 Å². The lowest BCUT2D eigenvalue weighted by atomic mass is 10.2. The predicted octanol–water partition coefficient (Wildman–Crippen LogP) is 3.73. The van der Waals surface area contributed by atoms with Crippen molar-refractivity contribution in [3.05, 3.63) is 59.1 Å². The molecular weight excluding hydrogens is 406 g/mol. The second-order valence-electron chi connectivity index (χ2n) is 6.98. The van der Waals surface area contributed by atoms with Gasteiger partial charge in [0.05, 0.1) is 9.92 Å². The maximum atomic E-state index is 13.5. The number of benzene rings is 2. The molecule has 8 heteroatoms. The van der Waals surface area contributed by atoms with E-state index in [4.69, 9.17) is 11.6 Å². The molecule has 3 rings (SSSR count). The van der Waals surface area contributed by atoms with Crippen molar-refractivity contribution in [3.8, 4) is 0 Å². The summed E-state index contributed by atoms with van der Waals surface area (Å²) in [4.78, 5) is -0.236. The van der Waals surface area contributed by atoms with E-state index in [1.807, 2.05) is 37.3 Å². The smallest absolute Gasteiger partial charge is 0.224 e. The van der Waals surface area contributed by atoms with Gasteiger partial charge in [0.15, 0.2) is 9.84 Å². The molecule has 1 aliphatic rings. The molecule has 0 spiro atoms. The van der Waals surface area contributed by atoms with Gasteiger partial charge in [0.25, 0.3) is 0 Å². The van der Waals surface area contributed by atoms with Crippen molar-refractivity contribution < 1.29 is 16.8 Å². The lowest BCUT2D eigenvalue weighted by molar-refractivity contribution is 0.303. The summed E-state index contributed by atoms with van der Waals surface area (Å²) in [6, 6.07) is 12.9. The number of nitrogens with zero attached hydrogens (tertiary/aromatic N) is 1. The standard InChI is InChI=1S/C19H22ClNO4S2/c1-14(16-8-9-16)21(13-15-6-4-3-5-7-15)27(24,25)19-12-17(26(2,22)23)10-11-18(19)20/h3-7,10-12,14,16H,8-9,13H2,1-2H3. The van der Waals surface area contributed by atoms with Gasteiger partial charge in [-0.15, -0.1) is 0 Å². The van der Waals surface area contributed by atoms with Gasteiger partial charge in [-0.2, -0.15) is 4.31 Å². The van der Waals surface area contributed by atoms with Crippen LogP contribution in [0.2, 0.25) is 5.02 Å². The van der Waals surface area contributed by atoms with Gasteiger partial charge in [0.1, 0.15) is 4.90 Å². The SMILES string of the molecule is CC(C1CC1)N(Cc1ccccc1)S(=O)(=O)c1cc(S(C)(=O)=O)ccc1Cl. The molecule has 0 amide bonds. The number of halogens is 1. The zero-order chi connectivity index (χ0) is 19.8. The number of rotatable bonds is 7. The highest BCUT2D eigenvalue weighted by atomic mass is 35.5. The molecule has 0 saturated heterocycles. The van der Waals surface area contributed by atoms with Crippen molar-refractivity contribution in [1.29, 1.82) is 0 Å². The fourth-order valence-electron chi connectivity index (χ4n) is 3.06. The van der Waals surface area contributed by atoms with Crippen molar-refractivity contribution in [2.24, 2.45) is 5.92 Å². The minimum absolute atomic E-state index is 0.0171. The molecule has 1 fully saturated rings. The molecule has 146 valence electrons. The highest BCUT2D eigenvalue weighted by Gasteiger charge is 2.39. The fourth-order valence-corrected chi connectivity index (χ4v) is 5.97. The van der Waals surface area contributed by atoms with Gasteiger partial charge >= 0.3 is 0 Å². The minimum atomic E-state index is -3.98. The Bertz CT molecular complexity index is 1030. The van der Waals surface area contributed by atoms with E-state index >= 15 is 0 Å². The van der Waals surface area contributed by atoms with E-state index in [-0.39, 0.29) is 27.4 Å². The van der Waals surface area contributed by atoms with E-state index in [1.54, 1.807) is 0 Å². The third-order valence-corrected chi connectivity index (χ3v) is 8.38. The second-order valence-corrected chi connectivity index (χ2v) is 11.3. The van der Waals surface area contributed by atoms with Crippen LogP contribution in [0.3, 0.4) is 0 Å². The molecule has 1 aliphatic carbocycles. The largest absolute Gasteiger partial charge is 0.245 e. The Morgan fingerprint density at radius 3 is 2.26 bits per heavy atom. The van der Waals surface area contributed by atoms with Crippen molar-refractivity contribution in [1.82, 2.24) is 4.31 Å². The highest BCUT2D eigenvalue weighted by molar-refractivity contribution is 7.91. The molecule has 2 aromatic carbocycles. The van der Waals surface area contributed by atoms with Crippen LogP contribution in [0.5, 0.6) is 0 Å². The molecular formula is C19H22ClNO4S2. The second kappa shape index (κ2) is 7.54. The lowest BCUT2D eigenvalue weighted by Crippen LogP contribution is -2.39. The van der Waals surface area contributed by atoms with Crippen LogP contribution < -0.4 is 0 Å². The van der Waals surface area contributed by atoms with E-state index in [9.17, 15) is 16.8 Å². The third kappa shape index (κ3) is 4.54. The van der Waals surface area contributed by atoms with Crippen LogP contribution >= 0.6 is 11.6 Å². The van der Waals surface area contributed by atoms with Gasteiger partial charge in [0, 0.05) is 18.8 Å². The number of hydrogen-bond donors (Lipinski definition) is 0. The summed E-state index contributed by atoms with van der Waals surface area (Å²) in [6.07, 6.45) is 3.01. The average molecular weight is 428 g/mol. The molecule has 0 N–H and O–H groups in total. The van der Waals surface area contributed by atoms with Crippen molar-refractivity contribution >= 4 is 31.5 Å². The summed E-state index contributed by atoms with van der Waals surface area (Å²) in [5, 5.41) is 0.0171. The Hall–Kier alpha value is -1.41. The number of hydrogen-bond acceptors (Lipinski definition) is 4. The Kier molecular flexibility index (Phi) is 5.68. The summed E-state index contributed by atoms with van der Waals surface area (Å²) < 4.78 is 52.1. The van der Waals surface area contributed by atoms with E-state index in [0.717, 1.165) is 30.7 Å². The van der Waals surface area contributed by atoms with Gasteiger partial charge in [-0.05, 0) is 49.4 Å². The zero-order valence-electron chi connectivity index (χ0n) is 15.2. The van der Waals surface area contributed by atoms with Crippen molar-refractivity contribution in [2.75, 3.05) is 6.26 Å². The van der Waals surface area contributed by atoms with Gasteiger partial charge in [-0.3, -0.25) is 0 Å². The van der Waals surface area contributed by atoms with Crippen LogP contribution in [-0.2, 0) is 26.4 Å². The molecule has 1 saturated carbocycles. The molecule has 5 nitrogen and oxygen atoms in total. The van der Waals surface area contributed by atoms with E-state index in [2.05, 4.69) is 0 Å². The van der Waals surface area contributed by atoms with Gasteiger partial charge in [-0.1, -0.05) is 41.9 Å². The van der Waals surface area contributed by atoms with Crippen LogP contribution in [0.4, 0.5) is 0 Å². The Labute approximate surface area is 165 Å². The molecule has 2 aromatic rings. The lowest BCUT2D eigenvalue weighted by Gasteiger charge is -2.29. The number of sulfonamides is 1. The first-order chi connectivity index (χ1) is 12.6. The monoisotopic (exact) mass is 427 g/mol. The molecule has 1 atom stereocenters. The minimum Gasteiger partial charge on any atom is -0.224 e. The summed E-state index contributed by atoms with van der Waals surface area (Å²) in [5.41, 5.74) is 0.865. The van der Waals surface area contributed by atoms with Gasteiger partial charge in [0.2, 0.25) is 10.0 Å². The topological polar surface area (TPSA) is 71.5 Å². The Balaban J connectivity index is 2.07. The Morgan fingerprint density at radius 2 is 1.70 bits per heavy atom.